The van der Waals surface area contributed by atoms with Crippen LogP contribution >= 0.6 is 15.6 Å². The number of nitrogens with zero attached hydrogens (tertiary/aromatic N) is 6. The van der Waals surface area contributed by atoms with Crippen molar-refractivity contribution in [3.8, 4) is 11.5 Å². The fraction of sp³-hybridized carbons (Fsp3) is 0.545. The second-order valence-corrected chi connectivity index (χ2v) is 26.6. The molecule has 0 aliphatic carbocycles. The van der Waals surface area contributed by atoms with Crippen molar-refractivity contribution in [1.29, 1.82) is 0 Å². The van der Waals surface area contributed by atoms with E-state index in [1.165, 1.54) is 0 Å². The fourth-order valence-corrected chi connectivity index (χ4v) is 13.8. The molecule has 38 heteroatoms. The first-order chi connectivity index (χ1) is 49.6. The Morgan fingerprint density at radius 1 is 0.558 bits per heavy atom. The number of phosphoric acid groups is 2. The first-order valence-electron chi connectivity index (χ1n) is 33.5. The van der Waals surface area contributed by atoms with Crippen molar-refractivity contribution in [3.05, 3.63) is 136 Å². The summed E-state index contributed by atoms with van der Waals surface area (Å²) in [7, 11) is -6.64. The molecule has 1 aromatic carbocycles. The maximum atomic E-state index is 14.2. The van der Waals surface area contributed by atoms with Crippen molar-refractivity contribution in [3.63, 3.8) is 0 Å². The number of fused-ring (bicyclic) bond motifs is 7. The summed E-state index contributed by atoms with van der Waals surface area (Å²) in [6.07, 6.45) is -1.79. The number of aliphatic hydroxyl groups excluding tert-OH is 2. The van der Waals surface area contributed by atoms with E-state index in [1.807, 2.05) is 49.8 Å². The van der Waals surface area contributed by atoms with E-state index in [2.05, 4.69) is 4.98 Å². The van der Waals surface area contributed by atoms with Crippen LogP contribution in [0.4, 0.5) is 8.78 Å². The van der Waals surface area contributed by atoms with Gasteiger partial charge in [-0.25, -0.2) is 28.7 Å². The van der Waals surface area contributed by atoms with Gasteiger partial charge < -0.3 is 72.4 Å². The number of aromatic nitrogens is 9. The van der Waals surface area contributed by atoms with Crippen LogP contribution in [0.2, 0.25) is 0 Å². The first-order valence-corrected chi connectivity index (χ1v) is 36.5. The Balaban J connectivity index is 0.0000137. The molecule has 0 amide bonds. The van der Waals surface area contributed by atoms with E-state index in [9.17, 15) is 57.1 Å². The van der Waals surface area contributed by atoms with Crippen LogP contribution in [0.25, 0.3) is 44.4 Å². The number of allylic oxidation sites excluding steroid dienone is 4. The number of aliphatic hydroxyl groups is 2. The van der Waals surface area contributed by atoms with Gasteiger partial charge in [-0.05, 0) is 97.9 Å². The summed E-state index contributed by atoms with van der Waals surface area (Å²) < 4.78 is 136. The second-order valence-electron chi connectivity index (χ2n) is 23.8. The summed E-state index contributed by atoms with van der Waals surface area (Å²) in [4.78, 5) is 98.2. The Labute approximate surface area is 627 Å². The number of benzene rings is 1. The van der Waals surface area contributed by atoms with Gasteiger partial charge in [-0.2, -0.15) is 8.78 Å². The van der Waals surface area contributed by atoms with E-state index < -0.39 is 99.9 Å². The molecule has 2 unspecified atom stereocenters. The second kappa shape index (κ2) is 40.3. The SMILES string of the molecule is CCC1=C(CC)c2cc3[nH]c(cnc4cc(OCCOCCOCCOC)c(OCCOCCOCCOC)cc4ncc4nc(cc1n2)C(CCCOP(=O)(O)O[C@H]1C[C@H](n2cc(F)c(=O)[nH]c2=O)O[C@@H]1CO)=C4C)c(C)c3CCCOP(=O)(O)O[C@H]1C[C@H](n2cc(F)c(=O)[nH]c2=O)O[C@@H]1CO.[Gd+3]. The van der Waals surface area contributed by atoms with Gasteiger partial charge in [0.2, 0.25) is 11.6 Å². The molecule has 569 valence electrons. The van der Waals surface area contributed by atoms with Crippen molar-refractivity contribution < 1.29 is 143 Å². The van der Waals surface area contributed by atoms with Crippen LogP contribution in [0.1, 0.15) is 112 Å². The van der Waals surface area contributed by atoms with Crippen LogP contribution in [0, 0.1) is 58.5 Å². The maximum absolute atomic E-state index is 14.2. The van der Waals surface area contributed by atoms with Gasteiger partial charge in [-0.3, -0.25) is 56.8 Å². The summed E-state index contributed by atoms with van der Waals surface area (Å²) in [5, 5.41) is 20.2. The molecule has 104 heavy (non-hydrogen) atoms. The Morgan fingerprint density at radius 2 is 0.990 bits per heavy atom. The summed E-state index contributed by atoms with van der Waals surface area (Å²) >= 11 is 0. The number of rotatable bonds is 40. The average molecular weight is 1650 g/mol. The largest absolute Gasteiger partial charge is 3.00 e. The van der Waals surface area contributed by atoms with Crippen LogP contribution in [0.5, 0.6) is 11.5 Å². The third-order valence-electron chi connectivity index (χ3n) is 17.0. The summed E-state index contributed by atoms with van der Waals surface area (Å²) in [5.74, 6) is -1.97. The molecule has 0 spiro atoms. The van der Waals surface area contributed by atoms with Gasteiger partial charge in [0.15, 0.2) is 11.5 Å². The van der Waals surface area contributed by atoms with Crippen LogP contribution in [0.15, 0.2) is 68.2 Å². The van der Waals surface area contributed by atoms with Crippen LogP contribution < -0.4 is 32.0 Å². The third kappa shape index (κ3) is 22.6. The van der Waals surface area contributed by atoms with Gasteiger partial charge in [0.05, 0.1) is 157 Å². The van der Waals surface area contributed by atoms with Crippen LogP contribution in [-0.2, 0) is 71.5 Å². The maximum Gasteiger partial charge on any atom is 3.00 e. The number of H-pyrrole nitrogens is 3. The van der Waals surface area contributed by atoms with Gasteiger partial charge in [-0.1, -0.05) is 13.8 Å². The van der Waals surface area contributed by atoms with Crippen molar-refractivity contribution in [2.45, 2.75) is 116 Å². The minimum Gasteiger partial charge on any atom is -0.487 e. The zero-order valence-corrected chi connectivity index (χ0v) is 62.3. The van der Waals surface area contributed by atoms with Crippen LogP contribution in [0.3, 0.4) is 0 Å². The minimum atomic E-state index is -4.91. The summed E-state index contributed by atoms with van der Waals surface area (Å²) in [6, 6.07) is 7.15. The number of hydrogen-bond donors (Lipinski definition) is 7. The standard InChI is InChI=1S/C66H87F2N9O24P2.Gd/c1-7-41-42(8-2)48-28-50-44(12-10-14-97-103(86,87)101-58-32-62(99-60(58)38-79)77-36-46(68)64(81)75-66(77)83)40(4)54(73-50)34-70-52-30-56(95-26-24-93-22-20-91-18-16-89-6)55(94-25-23-92-21-19-90-17-15-88-5)29-51(52)69-33-53-39(3)43(49(72-53)27-47(41)71-48)11-9-13-96-102(84,85)100-57-31-61(98-59(57)37-78)76-35-45(67)63(80)74-65(76)82;/h27-30,33-36,57-62,72,78-79H,7-26,31-32,37-38H2,1-6H3,(H,84,85)(H,86,87)(H,74,80,82)(H,75,81,83);/q;+3/t57-,58-,59+,60+,61+,62+;/m0./s1. The van der Waals surface area contributed by atoms with E-state index >= 15 is 0 Å². The van der Waals surface area contributed by atoms with Crippen molar-refractivity contribution in [2.75, 3.05) is 120 Å². The first kappa shape index (κ1) is 83.7. The van der Waals surface area contributed by atoms with E-state index in [0.717, 1.165) is 37.0 Å². The molecule has 8 heterocycles. The number of phosphoric ester groups is 2. The molecule has 9 rings (SSSR count). The van der Waals surface area contributed by atoms with Gasteiger partial charge >= 0.3 is 67.0 Å². The number of ether oxygens (including phenoxy) is 10. The van der Waals surface area contributed by atoms with E-state index in [4.69, 9.17) is 85.4 Å². The van der Waals surface area contributed by atoms with Gasteiger partial charge in [0.1, 0.15) is 50.1 Å². The summed E-state index contributed by atoms with van der Waals surface area (Å²) in [6.45, 7) is 9.22. The smallest absolute Gasteiger partial charge is 0.487 e. The van der Waals surface area contributed by atoms with Crippen molar-refractivity contribution >= 4 is 60.0 Å². The molecule has 8 atom stereocenters. The Hall–Kier alpha value is -5.90. The fourth-order valence-electron chi connectivity index (χ4n) is 11.8. The van der Waals surface area contributed by atoms with Crippen LogP contribution in [-0.4, -0.2) is 208 Å². The molecule has 7 N–H and O–H groups in total. The molecule has 4 aliphatic rings. The van der Waals surface area contributed by atoms with E-state index in [0.29, 0.717) is 140 Å². The molecule has 1 radical (unpaired) electrons. The summed E-state index contributed by atoms with van der Waals surface area (Å²) in [5.41, 5.74) is 4.38. The predicted octanol–water partition coefficient (Wildman–Crippen LogP) is 6.08. The zero-order chi connectivity index (χ0) is 73.8. The molecule has 2 fully saturated rings. The molecule has 6 bridgehead atoms. The molecule has 4 aromatic heterocycles. The quantitative estimate of drug-likeness (QED) is 0.0172. The molecular weight excluding hydrogens is 1560 g/mol. The molecule has 0 saturated carbocycles. The average Bonchev–Trinajstić information content (AvgIpc) is 1.59. The molecule has 2 saturated heterocycles. The number of halogens is 2. The number of methoxy groups -OCH3 is 2. The molecular formula is C66H87F2GdN9O24P2+3. The molecule has 33 nitrogen and oxygen atoms in total. The number of aryl methyl sites for hydroxylation is 2. The van der Waals surface area contributed by atoms with E-state index in [-0.39, 0.29) is 118 Å². The van der Waals surface area contributed by atoms with Crippen molar-refractivity contribution in [2.24, 2.45) is 0 Å². The van der Waals surface area contributed by atoms with Gasteiger partial charge in [-0.15, -0.1) is 0 Å². The van der Waals surface area contributed by atoms with Gasteiger partial charge in [0.25, 0.3) is 11.1 Å². The minimum absolute atomic E-state index is 0. The van der Waals surface area contributed by atoms with Gasteiger partial charge in [0, 0.05) is 44.7 Å². The monoisotopic (exact) mass is 1650 g/mol. The Bertz CT molecular complexity index is 4390. The van der Waals surface area contributed by atoms with E-state index in [1.54, 1.807) is 38.7 Å². The number of aromatic amines is 3. The molecule has 5 aromatic rings. The number of hydrogen-bond acceptors (Lipinski definition) is 26. The Morgan fingerprint density at radius 3 is 1.46 bits per heavy atom. The predicted molar refractivity (Wildman–Crippen MR) is 366 cm³/mol. The third-order valence-corrected chi connectivity index (χ3v) is 19.1. The topological polar surface area (TPSA) is 421 Å². The zero-order valence-electron chi connectivity index (χ0n) is 58.2. The number of nitrogens with one attached hydrogen (secondary N) is 3. The normalized spacial score (nSPS) is 19.3. The van der Waals surface area contributed by atoms with Crippen molar-refractivity contribution in [1.82, 2.24) is 44.0 Å². The Kier molecular flexibility index (Phi) is 32.5. The molecule has 4 aliphatic heterocycles.